The molecule has 0 aliphatic rings. The molecule has 6 nitrogen and oxygen atoms in total. The van der Waals surface area contributed by atoms with Crippen molar-refractivity contribution in [3.63, 3.8) is 0 Å². The Kier molecular flexibility index (Phi) is 7.49. The molecule has 0 aliphatic carbocycles. The van der Waals surface area contributed by atoms with E-state index in [2.05, 4.69) is 21.7 Å². The molecule has 1 unspecified atom stereocenters. The van der Waals surface area contributed by atoms with Crippen molar-refractivity contribution in [2.24, 2.45) is 4.99 Å². The van der Waals surface area contributed by atoms with Crippen molar-refractivity contribution < 1.29 is 9.52 Å². The molecule has 0 bridgehead atoms. The monoisotopic (exact) mass is 364 g/mol. The van der Waals surface area contributed by atoms with Crippen LogP contribution in [0.4, 0.5) is 0 Å². The molecular formula is C18H28N4O2S. The molecule has 0 radical (unpaired) electrons. The first-order valence-electron chi connectivity index (χ1n) is 8.39. The zero-order valence-corrected chi connectivity index (χ0v) is 16.0. The van der Waals surface area contributed by atoms with Crippen LogP contribution in [-0.2, 0) is 13.0 Å². The first-order valence-corrected chi connectivity index (χ1v) is 9.27. The van der Waals surface area contributed by atoms with Gasteiger partial charge in [-0.25, -0.2) is 4.99 Å². The molecule has 2 heterocycles. The molecule has 25 heavy (non-hydrogen) atoms. The number of rotatable bonds is 9. The average Bonchev–Trinajstić information content (AvgIpc) is 3.21. The summed E-state index contributed by atoms with van der Waals surface area (Å²) >= 11 is 1.69. The van der Waals surface area contributed by atoms with Gasteiger partial charge >= 0.3 is 0 Å². The van der Waals surface area contributed by atoms with Gasteiger partial charge in [0, 0.05) is 30.9 Å². The van der Waals surface area contributed by atoms with Crippen LogP contribution in [0.15, 0.2) is 45.3 Å². The Morgan fingerprint density at radius 1 is 1.32 bits per heavy atom. The van der Waals surface area contributed by atoms with Crippen LogP contribution in [0.3, 0.4) is 0 Å². The molecule has 2 aromatic heterocycles. The lowest BCUT2D eigenvalue weighted by Crippen LogP contribution is -2.50. The Labute approximate surface area is 153 Å². The van der Waals surface area contributed by atoms with Crippen LogP contribution in [0.5, 0.6) is 0 Å². The van der Waals surface area contributed by atoms with Gasteiger partial charge in [-0.05, 0) is 44.6 Å². The maximum Gasteiger partial charge on any atom is 0.191 e. The Hall–Kier alpha value is -1.83. The van der Waals surface area contributed by atoms with Crippen molar-refractivity contribution in [2.75, 3.05) is 33.7 Å². The molecule has 0 aromatic carbocycles. The van der Waals surface area contributed by atoms with Crippen LogP contribution >= 0.6 is 11.3 Å². The lowest BCUT2D eigenvalue weighted by atomic mass is 10.1. The van der Waals surface area contributed by atoms with E-state index in [0.717, 1.165) is 12.2 Å². The van der Waals surface area contributed by atoms with Crippen molar-refractivity contribution in [1.29, 1.82) is 0 Å². The van der Waals surface area contributed by atoms with E-state index >= 15 is 0 Å². The van der Waals surface area contributed by atoms with Gasteiger partial charge in [-0.15, -0.1) is 11.3 Å². The Bertz CT molecular complexity index is 622. The highest BCUT2D eigenvalue weighted by Crippen LogP contribution is 2.09. The van der Waals surface area contributed by atoms with Crippen LogP contribution < -0.4 is 10.6 Å². The zero-order chi connectivity index (χ0) is 18.1. The summed E-state index contributed by atoms with van der Waals surface area (Å²) in [5.41, 5.74) is -0.837. The first-order chi connectivity index (χ1) is 11.9. The van der Waals surface area contributed by atoms with E-state index in [9.17, 15) is 5.11 Å². The fourth-order valence-electron chi connectivity index (χ4n) is 2.50. The van der Waals surface area contributed by atoms with Gasteiger partial charge in [-0.1, -0.05) is 6.07 Å². The summed E-state index contributed by atoms with van der Waals surface area (Å²) < 4.78 is 5.35. The SMILES string of the molecule is CN(C)CC(C)(O)CNC(=NCc1cccs1)NCCc1ccco1. The molecule has 0 amide bonds. The molecule has 0 fully saturated rings. The van der Waals surface area contributed by atoms with Gasteiger partial charge in [0.15, 0.2) is 5.96 Å². The minimum atomic E-state index is -0.837. The summed E-state index contributed by atoms with van der Waals surface area (Å²) in [7, 11) is 3.89. The molecule has 138 valence electrons. The third-order valence-corrected chi connectivity index (χ3v) is 4.37. The molecule has 3 N–H and O–H groups in total. The van der Waals surface area contributed by atoms with Crippen LogP contribution in [0.25, 0.3) is 0 Å². The third-order valence-electron chi connectivity index (χ3n) is 3.51. The third kappa shape index (κ3) is 7.72. The molecule has 2 aromatic rings. The highest BCUT2D eigenvalue weighted by Gasteiger charge is 2.21. The lowest BCUT2D eigenvalue weighted by Gasteiger charge is -2.28. The summed E-state index contributed by atoms with van der Waals surface area (Å²) in [6.07, 6.45) is 2.46. The van der Waals surface area contributed by atoms with Crippen LogP contribution in [0.2, 0.25) is 0 Å². The summed E-state index contributed by atoms with van der Waals surface area (Å²) in [6.45, 7) is 4.13. The molecule has 7 heteroatoms. The summed E-state index contributed by atoms with van der Waals surface area (Å²) in [5, 5.41) is 19.1. The van der Waals surface area contributed by atoms with Gasteiger partial charge in [-0.2, -0.15) is 0 Å². The van der Waals surface area contributed by atoms with E-state index in [-0.39, 0.29) is 0 Å². The van der Waals surface area contributed by atoms with Crippen molar-refractivity contribution in [1.82, 2.24) is 15.5 Å². The van der Waals surface area contributed by atoms with E-state index in [1.807, 2.05) is 49.5 Å². The number of thiophene rings is 1. The maximum absolute atomic E-state index is 10.5. The van der Waals surface area contributed by atoms with Crippen molar-refractivity contribution in [2.45, 2.75) is 25.5 Å². The van der Waals surface area contributed by atoms with E-state index in [4.69, 9.17) is 4.42 Å². The standard InChI is InChI=1S/C18H28N4O2S/c1-18(23,14-22(2)3)13-21-17(20-12-16-7-5-11-25-16)19-9-8-15-6-4-10-24-15/h4-7,10-11,23H,8-9,12-14H2,1-3H3,(H2,19,20,21). The van der Waals surface area contributed by atoms with Crippen molar-refractivity contribution in [3.05, 3.63) is 46.5 Å². The van der Waals surface area contributed by atoms with E-state index < -0.39 is 5.60 Å². The number of likely N-dealkylation sites (N-methyl/N-ethyl adjacent to an activating group) is 1. The van der Waals surface area contributed by atoms with Gasteiger partial charge in [-0.3, -0.25) is 0 Å². The van der Waals surface area contributed by atoms with Crippen LogP contribution in [-0.4, -0.2) is 55.3 Å². The highest BCUT2D eigenvalue weighted by atomic mass is 32.1. The summed E-state index contributed by atoms with van der Waals surface area (Å²) in [5.74, 6) is 1.63. The van der Waals surface area contributed by atoms with Crippen LogP contribution in [0, 0.1) is 0 Å². The predicted octanol–water partition coefficient (Wildman–Crippen LogP) is 1.93. The van der Waals surface area contributed by atoms with Gasteiger partial charge in [0.2, 0.25) is 0 Å². The van der Waals surface area contributed by atoms with Gasteiger partial charge in [0.25, 0.3) is 0 Å². The zero-order valence-electron chi connectivity index (χ0n) is 15.2. The number of furan rings is 1. The minimum Gasteiger partial charge on any atom is -0.469 e. The predicted molar refractivity (Wildman–Crippen MR) is 103 cm³/mol. The maximum atomic E-state index is 10.5. The second kappa shape index (κ2) is 9.60. The topological polar surface area (TPSA) is 73.0 Å². The van der Waals surface area contributed by atoms with Gasteiger partial charge in [0.1, 0.15) is 5.76 Å². The number of nitrogens with one attached hydrogen (secondary N) is 2. The quantitative estimate of drug-likeness (QED) is 0.468. The number of hydrogen-bond acceptors (Lipinski definition) is 5. The van der Waals surface area contributed by atoms with E-state index in [1.165, 1.54) is 4.88 Å². The van der Waals surface area contributed by atoms with E-state index in [1.54, 1.807) is 17.6 Å². The molecule has 0 saturated heterocycles. The summed E-state index contributed by atoms with van der Waals surface area (Å²) in [6, 6.07) is 7.93. The number of aliphatic imine (C=N–C) groups is 1. The molecule has 1 atom stereocenters. The number of guanidine groups is 1. The van der Waals surface area contributed by atoms with Gasteiger partial charge in [0.05, 0.1) is 18.4 Å². The molecule has 0 spiro atoms. The van der Waals surface area contributed by atoms with Crippen molar-refractivity contribution in [3.8, 4) is 0 Å². The largest absolute Gasteiger partial charge is 0.469 e. The smallest absolute Gasteiger partial charge is 0.191 e. The fourth-order valence-corrected chi connectivity index (χ4v) is 3.13. The first kappa shape index (κ1) is 19.5. The van der Waals surface area contributed by atoms with Crippen molar-refractivity contribution >= 4 is 17.3 Å². The highest BCUT2D eigenvalue weighted by molar-refractivity contribution is 7.09. The van der Waals surface area contributed by atoms with Gasteiger partial charge < -0.3 is 25.1 Å². The number of aliphatic hydroxyl groups is 1. The average molecular weight is 365 g/mol. The van der Waals surface area contributed by atoms with E-state index in [0.29, 0.717) is 32.1 Å². The lowest BCUT2D eigenvalue weighted by molar-refractivity contribution is 0.0377. The number of hydrogen-bond donors (Lipinski definition) is 3. The molecular weight excluding hydrogens is 336 g/mol. The second-order valence-corrected chi connectivity index (χ2v) is 7.62. The summed E-state index contributed by atoms with van der Waals surface area (Å²) in [4.78, 5) is 7.78. The molecule has 0 aliphatic heterocycles. The molecule has 0 saturated carbocycles. The Balaban J connectivity index is 1.89. The number of nitrogens with zero attached hydrogens (tertiary/aromatic N) is 2. The fraction of sp³-hybridized carbons (Fsp3) is 0.500. The second-order valence-electron chi connectivity index (χ2n) is 6.59. The van der Waals surface area contributed by atoms with Crippen LogP contribution in [0.1, 0.15) is 17.6 Å². The Morgan fingerprint density at radius 2 is 2.16 bits per heavy atom. The molecule has 2 rings (SSSR count). The normalized spacial score (nSPS) is 14.5. The minimum absolute atomic E-state index is 0.419. The Morgan fingerprint density at radius 3 is 2.80 bits per heavy atom.